The zero-order valence-corrected chi connectivity index (χ0v) is 14.3. The molecule has 105 valence electrons. The van der Waals surface area contributed by atoms with E-state index in [0.717, 1.165) is 28.4 Å². The van der Waals surface area contributed by atoms with E-state index in [4.69, 9.17) is 0 Å². The Morgan fingerprint density at radius 1 is 1.05 bits per heavy atom. The van der Waals surface area contributed by atoms with Crippen LogP contribution < -0.4 is 0 Å². The number of benzene rings is 2. The molecule has 0 saturated carbocycles. The summed E-state index contributed by atoms with van der Waals surface area (Å²) in [6.07, 6.45) is 0.974. The Labute approximate surface area is 141 Å². The van der Waals surface area contributed by atoms with Crippen LogP contribution in [0.5, 0.6) is 0 Å². The van der Waals surface area contributed by atoms with Crippen LogP contribution in [0.2, 0.25) is 0 Å². The van der Waals surface area contributed by atoms with E-state index < -0.39 is 0 Å². The van der Waals surface area contributed by atoms with E-state index in [0.29, 0.717) is 14.5 Å². The molecule has 2 rings (SSSR count). The molecule has 0 spiro atoms. The molecule has 0 bridgehead atoms. The summed E-state index contributed by atoms with van der Waals surface area (Å²) in [5.74, 6) is 0.571. The molecule has 0 aliphatic rings. The van der Waals surface area contributed by atoms with Crippen molar-refractivity contribution in [1.29, 1.82) is 0 Å². The smallest absolute Gasteiger partial charge is 0.182 e. The Morgan fingerprint density at radius 2 is 1.71 bits per heavy atom. The van der Waals surface area contributed by atoms with E-state index in [-0.39, 0.29) is 24.4 Å². The molecule has 3 heteroatoms. The van der Waals surface area contributed by atoms with Crippen molar-refractivity contribution < 1.29 is 4.79 Å². The molecule has 1 radical (unpaired) electrons. The largest absolute Gasteiger partial charge is 0.289 e. The molecule has 0 saturated heterocycles. The van der Waals surface area contributed by atoms with Gasteiger partial charge in [-0.1, -0.05) is 62.4 Å². The second-order valence-corrected chi connectivity index (χ2v) is 6.68. The molecular weight excluding hydrogens is 270 g/mol. The molecule has 0 aliphatic heterocycles. The molecule has 0 fully saturated rings. The van der Waals surface area contributed by atoms with Gasteiger partial charge in [-0.15, -0.1) is 0 Å². The summed E-state index contributed by atoms with van der Waals surface area (Å²) in [4.78, 5) is 12.6. The maximum Gasteiger partial charge on any atom is 0.182 e. The monoisotopic (exact) mass is 291 g/mol. The zero-order chi connectivity index (χ0) is 14.5. The standard InChI is InChI=1S/C18H21OP.Li/c1-13(2)12-20-18(19)17-14(3)8-7-11-16(17)15-9-5-4-6-10-15;/h4-11,13,20H,12H2,1-3H3;. The van der Waals surface area contributed by atoms with Crippen molar-refractivity contribution in [2.75, 3.05) is 6.16 Å². The van der Waals surface area contributed by atoms with E-state index in [9.17, 15) is 4.79 Å². The van der Waals surface area contributed by atoms with E-state index >= 15 is 0 Å². The number of carbonyl (C=O) groups is 1. The predicted octanol–water partition coefficient (Wildman–Crippen LogP) is 4.76. The first kappa shape index (κ1) is 18.2. The van der Waals surface area contributed by atoms with Gasteiger partial charge in [-0.3, -0.25) is 4.79 Å². The van der Waals surface area contributed by atoms with Gasteiger partial charge in [-0.25, -0.2) is 0 Å². The Bertz CT molecular complexity index is 593. The van der Waals surface area contributed by atoms with Crippen molar-refractivity contribution in [3.8, 4) is 11.1 Å². The fraction of sp³-hybridized carbons (Fsp3) is 0.278. The topological polar surface area (TPSA) is 17.1 Å². The van der Waals surface area contributed by atoms with Gasteiger partial charge < -0.3 is 0 Å². The van der Waals surface area contributed by atoms with Crippen LogP contribution in [0.3, 0.4) is 0 Å². The summed E-state index contributed by atoms with van der Waals surface area (Å²) in [7, 11) is 0.363. The Hall–Kier alpha value is -0.863. The second kappa shape index (κ2) is 8.55. The second-order valence-electron chi connectivity index (χ2n) is 5.47. The van der Waals surface area contributed by atoms with Gasteiger partial charge in [0.05, 0.1) is 0 Å². The molecule has 2 aromatic carbocycles. The molecule has 0 aromatic heterocycles. The van der Waals surface area contributed by atoms with E-state index in [1.807, 2.05) is 37.3 Å². The fourth-order valence-corrected chi connectivity index (χ4v) is 3.31. The van der Waals surface area contributed by atoms with Gasteiger partial charge in [-0.2, -0.15) is 0 Å². The van der Waals surface area contributed by atoms with Gasteiger partial charge in [0.15, 0.2) is 5.52 Å². The van der Waals surface area contributed by atoms with Gasteiger partial charge in [0.1, 0.15) is 0 Å². The van der Waals surface area contributed by atoms with Gasteiger partial charge >= 0.3 is 0 Å². The molecule has 0 N–H and O–H groups in total. The van der Waals surface area contributed by atoms with Gasteiger partial charge in [0.2, 0.25) is 0 Å². The summed E-state index contributed by atoms with van der Waals surface area (Å²) < 4.78 is 0. The fourth-order valence-electron chi connectivity index (χ4n) is 2.21. The first-order valence-electron chi connectivity index (χ1n) is 7.03. The van der Waals surface area contributed by atoms with Crippen molar-refractivity contribution in [2.45, 2.75) is 20.8 Å². The van der Waals surface area contributed by atoms with Gasteiger partial charge in [0, 0.05) is 24.4 Å². The Kier molecular flexibility index (Phi) is 7.40. The Morgan fingerprint density at radius 3 is 2.33 bits per heavy atom. The average molecular weight is 291 g/mol. The van der Waals surface area contributed by atoms with Gasteiger partial charge in [-0.05, 0) is 44.3 Å². The van der Waals surface area contributed by atoms with Crippen LogP contribution in [-0.2, 0) is 0 Å². The van der Waals surface area contributed by atoms with Crippen LogP contribution in [0.25, 0.3) is 11.1 Å². The molecule has 0 amide bonds. The maximum absolute atomic E-state index is 12.6. The minimum atomic E-state index is 0. The van der Waals surface area contributed by atoms with Crippen molar-refractivity contribution in [3.63, 3.8) is 0 Å². The summed E-state index contributed by atoms with van der Waals surface area (Å²) >= 11 is 0. The predicted molar refractivity (Wildman–Crippen MR) is 94.7 cm³/mol. The summed E-state index contributed by atoms with van der Waals surface area (Å²) in [5, 5.41) is 0. The van der Waals surface area contributed by atoms with E-state index in [1.165, 1.54) is 0 Å². The molecule has 0 aliphatic carbocycles. The summed E-state index contributed by atoms with van der Waals surface area (Å²) in [6.45, 7) is 6.35. The maximum atomic E-state index is 12.6. The summed E-state index contributed by atoms with van der Waals surface area (Å²) in [5.41, 5.74) is 4.45. The number of hydrogen-bond acceptors (Lipinski definition) is 1. The third-order valence-electron chi connectivity index (χ3n) is 3.26. The molecular formula is C18H21LiOP. The van der Waals surface area contributed by atoms with Crippen LogP contribution >= 0.6 is 8.58 Å². The van der Waals surface area contributed by atoms with Crippen molar-refractivity contribution >= 4 is 33.0 Å². The van der Waals surface area contributed by atoms with E-state index in [2.05, 4.69) is 32.0 Å². The number of hydrogen-bond donors (Lipinski definition) is 0. The minimum Gasteiger partial charge on any atom is -0.289 e. The molecule has 1 nitrogen and oxygen atoms in total. The first-order chi connectivity index (χ1) is 9.59. The number of aryl methyl sites for hydroxylation is 1. The van der Waals surface area contributed by atoms with Crippen LogP contribution in [0.1, 0.15) is 29.8 Å². The van der Waals surface area contributed by atoms with Crippen LogP contribution in [0, 0.1) is 12.8 Å². The van der Waals surface area contributed by atoms with Crippen LogP contribution in [0.4, 0.5) is 0 Å². The number of rotatable bonds is 5. The third-order valence-corrected chi connectivity index (χ3v) is 4.85. The zero-order valence-electron chi connectivity index (χ0n) is 13.3. The SMILES string of the molecule is Cc1cccc(-c2ccccc2)c1C(=O)PCC(C)C.[Li]. The molecule has 2 aromatic rings. The number of carbonyl (C=O) groups excluding carboxylic acids is 1. The molecule has 1 atom stereocenters. The quantitative estimate of drug-likeness (QED) is 0.573. The molecule has 0 heterocycles. The summed E-state index contributed by atoms with van der Waals surface area (Å²) in [6, 6.07) is 16.3. The minimum absolute atomic E-state index is 0. The molecule has 21 heavy (non-hydrogen) atoms. The first-order valence-corrected chi connectivity index (χ1v) is 8.23. The normalized spacial score (nSPS) is 10.9. The van der Waals surface area contributed by atoms with E-state index in [1.54, 1.807) is 0 Å². The van der Waals surface area contributed by atoms with Gasteiger partial charge in [0.25, 0.3) is 0 Å². The van der Waals surface area contributed by atoms with Crippen molar-refractivity contribution in [2.24, 2.45) is 5.92 Å². The third kappa shape index (κ3) is 4.82. The average Bonchev–Trinajstić information content (AvgIpc) is 2.45. The van der Waals surface area contributed by atoms with Crippen molar-refractivity contribution in [3.05, 3.63) is 59.7 Å². The Balaban J connectivity index is 0.00000220. The van der Waals surface area contributed by atoms with Crippen molar-refractivity contribution in [1.82, 2.24) is 0 Å². The van der Waals surface area contributed by atoms with Crippen LogP contribution in [-0.4, -0.2) is 30.5 Å². The molecule has 1 unspecified atom stereocenters. The van der Waals surface area contributed by atoms with Crippen LogP contribution in [0.15, 0.2) is 48.5 Å².